The number of aromatic nitrogens is 3. The fourth-order valence-electron chi connectivity index (χ4n) is 2.90. The van der Waals surface area contributed by atoms with E-state index in [0.29, 0.717) is 18.7 Å². The van der Waals surface area contributed by atoms with Crippen LogP contribution in [0.25, 0.3) is 0 Å². The number of hydrogen-bond donors (Lipinski definition) is 2. The van der Waals surface area contributed by atoms with Crippen molar-refractivity contribution in [3.8, 4) is 0 Å². The first-order valence-corrected chi connectivity index (χ1v) is 7.93. The van der Waals surface area contributed by atoms with Crippen molar-refractivity contribution in [2.45, 2.75) is 25.6 Å². The number of aryl methyl sites for hydroxylation is 1. The summed E-state index contributed by atoms with van der Waals surface area (Å²) in [6, 6.07) is 0.874. The number of amides is 1. The molecule has 1 amide bonds. The smallest absolute Gasteiger partial charge is 0.352 e. The molecule has 1 atom stereocenters. The summed E-state index contributed by atoms with van der Waals surface area (Å²) < 4.78 is 39.6. The minimum absolute atomic E-state index is 0.111. The number of alkyl halides is 3. The first-order valence-electron chi connectivity index (χ1n) is 7.93. The Morgan fingerprint density at radius 2 is 2.22 bits per heavy atom. The maximum absolute atomic E-state index is 12.7. The predicted molar refractivity (Wildman–Crippen MR) is 85.1 cm³/mol. The van der Waals surface area contributed by atoms with E-state index in [1.807, 2.05) is 0 Å². The van der Waals surface area contributed by atoms with Gasteiger partial charge in [-0.05, 0) is 12.3 Å². The monoisotopic (exact) mass is 385 g/mol. The summed E-state index contributed by atoms with van der Waals surface area (Å²) in [5.41, 5.74) is -2.55. The average Bonchev–Trinajstić information content (AvgIpc) is 3.03. The number of halogens is 3. The maximum Gasteiger partial charge on any atom is 0.434 e. The number of aromatic amines is 1. The van der Waals surface area contributed by atoms with E-state index in [9.17, 15) is 32.9 Å². The molecule has 9 nitrogen and oxygen atoms in total. The van der Waals surface area contributed by atoms with Crippen LogP contribution in [-0.2, 0) is 19.1 Å². The number of nitro groups is 1. The van der Waals surface area contributed by atoms with Gasteiger partial charge in [-0.15, -0.1) is 0 Å². The van der Waals surface area contributed by atoms with Crippen LogP contribution in [-0.4, -0.2) is 31.9 Å². The quantitative estimate of drug-likeness (QED) is 0.610. The van der Waals surface area contributed by atoms with E-state index < -0.39 is 39.5 Å². The SMILES string of the molecule is O=C(NCC1CCc2nc(C(F)(F)F)cn2C1)c1cc([N+](=O)[O-])c[nH]c1=O. The topological polar surface area (TPSA) is 123 Å². The van der Waals surface area contributed by atoms with E-state index in [1.54, 1.807) is 0 Å². The zero-order valence-corrected chi connectivity index (χ0v) is 13.7. The summed E-state index contributed by atoms with van der Waals surface area (Å²) >= 11 is 0. The van der Waals surface area contributed by atoms with Gasteiger partial charge >= 0.3 is 6.18 Å². The van der Waals surface area contributed by atoms with Crippen molar-refractivity contribution in [1.29, 1.82) is 0 Å². The Kier molecular flexibility index (Phi) is 4.72. The van der Waals surface area contributed by atoms with Gasteiger partial charge in [-0.3, -0.25) is 19.7 Å². The van der Waals surface area contributed by atoms with E-state index in [0.717, 1.165) is 18.5 Å². The lowest BCUT2D eigenvalue weighted by molar-refractivity contribution is -0.385. The number of hydrogen-bond acceptors (Lipinski definition) is 5. The number of pyridine rings is 1. The number of carbonyl (C=O) groups excluding carboxylic acids is 1. The van der Waals surface area contributed by atoms with E-state index >= 15 is 0 Å². The highest BCUT2D eigenvalue weighted by atomic mass is 19.4. The van der Waals surface area contributed by atoms with Crippen LogP contribution in [0.1, 0.15) is 28.3 Å². The molecule has 12 heteroatoms. The molecular formula is C15H14F3N5O4. The van der Waals surface area contributed by atoms with E-state index in [4.69, 9.17) is 0 Å². The molecule has 0 saturated carbocycles. The van der Waals surface area contributed by atoms with Crippen molar-refractivity contribution in [3.05, 3.63) is 56.0 Å². The Morgan fingerprint density at radius 1 is 1.48 bits per heavy atom. The summed E-state index contributed by atoms with van der Waals surface area (Å²) in [6.07, 6.45) is -1.85. The largest absolute Gasteiger partial charge is 0.434 e. The molecule has 27 heavy (non-hydrogen) atoms. The molecule has 144 valence electrons. The van der Waals surface area contributed by atoms with Gasteiger partial charge in [0.1, 0.15) is 11.4 Å². The van der Waals surface area contributed by atoms with Crippen LogP contribution in [0.5, 0.6) is 0 Å². The molecule has 0 aromatic carbocycles. The summed E-state index contributed by atoms with van der Waals surface area (Å²) in [6.45, 7) is 0.351. The third kappa shape index (κ3) is 3.99. The number of nitrogens with zero attached hydrogens (tertiary/aromatic N) is 3. The third-order valence-corrected chi connectivity index (χ3v) is 4.28. The molecule has 0 spiro atoms. The van der Waals surface area contributed by atoms with E-state index in [1.165, 1.54) is 4.57 Å². The summed E-state index contributed by atoms with van der Waals surface area (Å²) in [5.74, 6) is -0.609. The van der Waals surface area contributed by atoms with Gasteiger partial charge in [0.2, 0.25) is 0 Å². The zero-order chi connectivity index (χ0) is 19.8. The molecular weight excluding hydrogens is 371 g/mol. The van der Waals surface area contributed by atoms with Crippen molar-refractivity contribution in [1.82, 2.24) is 19.9 Å². The lowest BCUT2D eigenvalue weighted by atomic mass is 9.99. The number of imidazole rings is 1. The fraction of sp³-hybridized carbons (Fsp3) is 0.400. The molecule has 0 fully saturated rings. The van der Waals surface area contributed by atoms with Crippen molar-refractivity contribution < 1.29 is 22.9 Å². The zero-order valence-electron chi connectivity index (χ0n) is 13.7. The summed E-state index contributed by atoms with van der Waals surface area (Å²) in [7, 11) is 0. The molecule has 3 heterocycles. The first-order chi connectivity index (χ1) is 12.6. The lowest BCUT2D eigenvalue weighted by Gasteiger charge is -2.23. The van der Waals surface area contributed by atoms with Crippen molar-refractivity contribution in [2.75, 3.05) is 6.54 Å². The molecule has 0 bridgehead atoms. The van der Waals surface area contributed by atoms with Crippen LogP contribution in [0.15, 0.2) is 23.3 Å². The molecule has 1 aliphatic rings. The van der Waals surface area contributed by atoms with E-state index in [-0.39, 0.29) is 19.0 Å². The van der Waals surface area contributed by atoms with Gasteiger partial charge in [0.15, 0.2) is 5.69 Å². The molecule has 0 saturated heterocycles. The summed E-state index contributed by atoms with van der Waals surface area (Å²) in [5, 5.41) is 13.3. The van der Waals surface area contributed by atoms with Crippen LogP contribution in [0.2, 0.25) is 0 Å². The number of H-pyrrole nitrogens is 1. The maximum atomic E-state index is 12.7. The van der Waals surface area contributed by atoms with Crippen LogP contribution >= 0.6 is 0 Å². The second-order valence-electron chi connectivity index (χ2n) is 6.17. The van der Waals surface area contributed by atoms with E-state index in [2.05, 4.69) is 15.3 Å². The van der Waals surface area contributed by atoms with Gasteiger partial charge in [-0.1, -0.05) is 0 Å². The number of fused-ring (bicyclic) bond motifs is 1. The fourth-order valence-corrected chi connectivity index (χ4v) is 2.90. The second kappa shape index (κ2) is 6.85. The molecule has 0 aliphatic carbocycles. The minimum Gasteiger partial charge on any atom is -0.352 e. The Morgan fingerprint density at radius 3 is 2.89 bits per heavy atom. The minimum atomic E-state index is -4.52. The number of carbonyl (C=O) groups is 1. The van der Waals surface area contributed by atoms with Crippen molar-refractivity contribution in [2.24, 2.45) is 5.92 Å². The molecule has 2 N–H and O–H groups in total. The molecule has 0 radical (unpaired) electrons. The Hall–Kier alpha value is -3.18. The molecule has 1 aliphatic heterocycles. The Balaban J connectivity index is 1.65. The second-order valence-corrected chi connectivity index (χ2v) is 6.17. The normalized spacial score (nSPS) is 16.6. The molecule has 3 rings (SSSR count). The van der Waals surface area contributed by atoms with Gasteiger partial charge in [0.25, 0.3) is 17.2 Å². The van der Waals surface area contributed by atoms with Gasteiger partial charge in [0, 0.05) is 31.8 Å². The molecule has 2 aromatic rings. The average molecular weight is 385 g/mol. The van der Waals surface area contributed by atoms with Gasteiger partial charge < -0.3 is 14.9 Å². The summed E-state index contributed by atoms with van der Waals surface area (Å²) in [4.78, 5) is 39.5. The highest BCUT2D eigenvalue weighted by molar-refractivity contribution is 5.94. The highest BCUT2D eigenvalue weighted by Crippen LogP contribution is 2.30. The highest BCUT2D eigenvalue weighted by Gasteiger charge is 2.35. The third-order valence-electron chi connectivity index (χ3n) is 4.28. The first kappa shape index (κ1) is 18.6. The van der Waals surface area contributed by atoms with Crippen LogP contribution < -0.4 is 10.9 Å². The predicted octanol–water partition coefficient (Wildman–Crippen LogP) is 1.49. The van der Waals surface area contributed by atoms with Gasteiger partial charge in [-0.2, -0.15) is 13.2 Å². The van der Waals surface area contributed by atoms with Crippen molar-refractivity contribution in [3.63, 3.8) is 0 Å². The molecule has 2 aromatic heterocycles. The van der Waals surface area contributed by atoms with Gasteiger partial charge in [-0.25, -0.2) is 4.98 Å². The lowest BCUT2D eigenvalue weighted by Crippen LogP contribution is -2.36. The van der Waals surface area contributed by atoms with Crippen LogP contribution in [0.3, 0.4) is 0 Å². The Labute approximate surface area is 149 Å². The van der Waals surface area contributed by atoms with Gasteiger partial charge in [0.05, 0.1) is 11.1 Å². The Bertz CT molecular complexity index is 950. The standard InChI is InChI=1S/C15H14F3N5O4/c16-15(17,18)11-7-22-6-8(1-2-12(22)21-11)4-19-13(24)10-3-9(23(26)27)5-20-14(10)25/h3,5,7-8H,1-2,4,6H2,(H,19,24)(H,20,25). The van der Waals surface area contributed by atoms with Crippen molar-refractivity contribution >= 4 is 11.6 Å². The van der Waals surface area contributed by atoms with Crippen LogP contribution in [0, 0.1) is 16.0 Å². The molecule has 1 unspecified atom stereocenters. The number of rotatable bonds is 4. The number of nitrogens with one attached hydrogen (secondary N) is 2. The van der Waals surface area contributed by atoms with Crippen LogP contribution in [0.4, 0.5) is 18.9 Å².